The summed E-state index contributed by atoms with van der Waals surface area (Å²) in [6.45, 7) is 7.53. The molecule has 59 heavy (non-hydrogen) atoms. The molecule has 3 aromatic rings. The van der Waals surface area contributed by atoms with Crippen molar-refractivity contribution in [2.45, 2.75) is 113 Å². The third-order valence-electron chi connectivity index (χ3n) is 14.4. The van der Waals surface area contributed by atoms with Crippen LogP contribution >= 0.6 is 0 Å². The van der Waals surface area contributed by atoms with Crippen LogP contribution in [0.5, 0.6) is 0 Å². The molecule has 5 aliphatic rings. The SMILES string of the molecule is CC(=O)O[C@@]12CO[C@@H]1C[C@H](O)[C@@]1(C)C(=O)C[C@@]34O[C@]3(C)[C@@H](OC(=O)[C@H](O)[C@@H](NC(=O)c3ccccc3)c3ccccc3)C[C@@](O)([C@@H](OC(=O)c3ccccc3)[C@H]21)C4(C)C. The normalized spacial score (nSPS) is 37.2. The van der Waals surface area contributed by atoms with Crippen molar-refractivity contribution in [2.24, 2.45) is 16.7 Å². The van der Waals surface area contributed by atoms with Crippen molar-refractivity contribution in [3.63, 3.8) is 0 Å². The summed E-state index contributed by atoms with van der Waals surface area (Å²) in [6.07, 6.45) is -8.26. The lowest BCUT2D eigenvalue weighted by Gasteiger charge is -2.67. The average Bonchev–Trinajstić information content (AvgIpc) is 3.85. The molecule has 3 saturated carbocycles. The van der Waals surface area contributed by atoms with Crippen molar-refractivity contribution < 1.29 is 63.0 Å². The van der Waals surface area contributed by atoms with Crippen LogP contribution in [0.1, 0.15) is 86.2 Å². The third kappa shape index (κ3) is 5.89. The van der Waals surface area contributed by atoms with Gasteiger partial charge in [0.1, 0.15) is 40.9 Å². The van der Waals surface area contributed by atoms with E-state index in [4.69, 9.17) is 23.7 Å². The highest BCUT2D eigenvalue weighted by Crippen LogP contribution is 2.74. The van der Waals surface area contributed by atoms with Gasteiger partial charge < -0.3 is 44.3 Å². The molecule has 5 fully saturated rings. The molecule has 14 heteroatoms. The van der Waals surface area contributed by atoms with Gasteiger partial charge in [-0.15, -0.1) is 0 Å². The number of nitrogens with one attached hydrogen (secondary N) is 1. The summed E-state index contributed by atoms with van der Waals surface area (Å²) in [5.74, 6) is -5.17. The molecule has 0 unspecified atom stereocenters. The fraction of sp³-hybridized carbons (Fsp3) is 0.489. The number of rotatable bonds is 9. The minimum Gasteiger partial charge on any atom is -0.457 e. The number of Topliss-reactive ketones (excluding diaryl/α,β-unsaturated/α-hetero) is 1. The molecule has 12 atom stereocenters. The van der Waals surface area contributed by atoms with Crippen molar-refractivity contribution in [1.29, 1.82) is 0 Å². The zero-order chi connectivity index (χ0) is 42.3. The predicted octanol–water partition coefficient (Wildman–Crippen LogP) is 3.41. The standard InChI is InChI=1S/C45H49NO13/c1-25(47)58-43-24-55-31(43)21-29(48)41(4)30(49)22-45-40(2,3)44(54,36(35(41)43)57-38(52)28-19-13-8-14-20-28)23-32(42(45,5)59-45)56-39(53)34(50)33(26-15-9-6-10-16-26)46-37(51)27-17-11-7-12-18-27/h6-20,29,31-36,48,50,54H,21-24H2,1-5H3,(H,46,51)/t29-,31+,32-,33-,34+,35-,36-,41-,42+,43-,44+,45-/m0/s1. The van der Waals surface area contributed by atoms with Crippen LogP contribution in [-0.2, 0) is 38.1 Å². The number of esters is 3. The first-order valence-electron chi connectivity index (χ1n) is 19.9. The van der Waals surface area contributed by atoms with Gasteiger partial charge in [0.2, 0.25) is 0 Å². The minimum atomic E-state index is -2.24. The topological polar surface area (TPSA) is 208 Å². The van der Waals surface area contributed by atoms with Crippen LogP contribution in [0.2, 0.25) is 0 Å². The Bertz CT molecular complexity index is 2170. The number of hydrogen-bond acceptors (Lipinski definition) is 13. The second kappa shape index (κ2) is 14.1. The maximum Gasteiger partial charge on any atom is 0.338 e. The molecule has 8 rings (SSSR count). The van der Waals surface area contributed by atoms with Crippen LogP contribution in [0.4, 0.5) is 0 Å². The maximum absolute atomic E-state index is 15.1. The largest absolute Gasteiger partial charge is 0.457 e. The Morgan fingerprint density at radius 3 is 2.03 bits per heavy atom. The number of aliphatic hydroxyl groups excluding tert-OH is 2. The molecule has 312 valence electrons. The molecule has 3 aliphatic carbocycles. The number of aliphatic hydroxyl groups is 3. The minimum absolute atomic E-state index is 0.0835. The summed E-state index contributed by atoms with van der Waals surface area (Å²) < 4.78 is 31.1. The smallest absolute Gasteiger partial charge is 0.338 e. The predicted molar refractivity (Wildman–Crippen MR) is 206 cm³/mol. The molecule has 0 aromatic heterocycles. The average molecular weight is 812 g/mol. The third-order valence-corrected chi connectivity index (χ3v) is 14.4. The number of hydrogen-bond donors (Lipinski definition) is 4. The molecule has 14 nitrogen and oxygen atoms in total. The molecular weight excluding hydrogens is 762 g/mol. The van der Waals surface area contributed by atoms with E-state index in [0.717, 1.165) is 0 Å². The first-order chi connectivity index (χ1) is 27.9. The van der Waals surface area contributed by atoms with Gasteiger partial charge in [0, 0.05) is 37.2 Å². The van der Waals surface area contributed by atoms with E-state index in [0.29, 0.717) is 5.56 Å². The Balaban J connectivity index is 1.22. The molecule has 2 aliphatic heterocycles. The summed E-state index contributed by atoms with van der Waals surface area (Å²) in [5, 5.41) is 40.0. The number of ether oxygens (including phenoxy) is 5. The van der Waals surface area contributed by atoms with Gasteiger partial charge in [-0.2, -0.15) is 0 Å². The van der Waals surface area contributed by atoms with Crippen LogP contribution in [-0.4, -0.2) is 104 Å². The van der Waals surface area contributed by atoms with E-state index in [1.807, 2.05) is 0 Å². The highest BCUT2D eigenvalue weighted by Gasteiger charge is 2.89. The monoisotopic (exact) mass is 811 g/mol. The van der Waals surface area contributed by atoms with Gasteiger partial charge in [-0.1, -0.05) is 80.6 Å². The number of carbonyl (C=O) groups is 5. The molecule has 2 heterocycles. The lowest BCUT2D eigenvalue weighted by Crippen LogP contribution is -2.82. The Labute approximate surface area is 341 Å². The summed E-state index contributed by atoms with van der Waals surface area (Å²) in [4.78, 5) is 69.8. The summed E-state index contributed by atoms with van der Waals surface area (Å²) in [7, 11) is 0. The molecule has 1 amide bonds. The number of ketones is 1. The van der Waals surface area contributed by atoms with Crippen LogP contribution in [0, 0.1) is 16.7 Å². The fourth-order valence-corrected chi connectivity index (χ4v) is 10.8. The van der Waals surface area contributed by atoms with Gasteiger partial charge in [0.25, 0.3) is 5.91 Å². The van der Waals surface area contributed by atoms with Gasteiger partial charge in [-0.3, -0.25) is 14.4 Å². The Hall–Kier alpha value is -4.99. The zero-order valence-electron chi connectivity index (χ0n) is 33.5. The van der Waals surface area contributed by atoms with E-state index in [-0.39, 0.29) is 30.6 Å². The Morgan fingerprint density at radius 2 is 1.46 bits per heavy atom. The number of fused-ring (bicyclic) bond motifs is 4. The van der Waals surface area contributed by atoms with E-state index < -0.39 is 112 Å². The Morgan fingerprint density at radius 1 is 0.864 bits per heavy atom. The van der Waals surface area contributed by atoms with Crippen LogP contribution in [0.3, 0.4) is 0 Å². The Kier molecular flexibility index (Phi) is 9.71. The first kappa shape index (κ1) is 40.8. The van der Waals surface area contributed by atoms with Crippen LogP contribution in [0.25, 0.3) is 0 Å². The quantitative estimate of drug-likeness (QED) is 0.139. The summed E-state index contributed by atoms with van der Waals surface area (Å²) >= 11 is 0. The number of epoxide rings is 1. The van der Waals surface area contributed by atoms with Crippen molar-refractivity contribution in [1.82, 2.24) is 5.32 Å². The van der Waals surface area contributed by atoms with E-state index in [9.17, 15) is 34.5 Å². The molecule has 2 saturated heterocycles. The van der Waals surface area contributed by atoms with Gasteiger partial charge in [-0.25, -0.2) is 9.59 Å². The summed E-state index contributed by atoms with van der Waals surface area (Å²) in [5.41, 5.74) is -9.27. The van der Waals surface area contributed by atoms with Gasteiger partial charge in [0.05, 0.1) is 35.6 Å². The number of amides is 1. The van der Waals surface area contributed by atoms with Crippen molar-refractivity contribution in [3.05, 3.63) is 108 Å². The van der Waals surface area contributed by atoms with E-state index in [1.54, 1.807) is 99.6 Å². The lowest BCUT2D eigenvalue weighted by molar-refractivity contribution is -0.349. The van der Waals surface area contributed by atoms with E-state index in [2.05, 4.69) is 5.32 Å². The molecular formula is C45H49NO13. The molecule has 4 N–H and O–H groups in total. The molecule has 2 bridgehead atoms. The van der Waals surface area contributed by atoms with Crippen LogP contribution < -0.4 is 5.32 Å². The molecule has 3 aromatic carbocycles. The van der Waals surface area contributed by atoms with Crippen molar-refractivity contribution in [3.8, 4) is 0 Å². The second-order valence-electron chi connectivity index (χ2n) is 17.5. The molecule has 1 spiro atoms. The van der Waals surface area contributed by atoms with E-state index >= 15 is 4.79 Å². The van der Waals surface area contributed by atoms with Gasteiger partial charge in [0.15, 0.2) is 11.7 Å². The highest BCUT2D eigenvalue weighted by atomic mass is 16.7. The van der Waals surface area contributed by atoms with Crippen molar-refractivity contribution >= 4 is 29.6 Å². The number of benzene rings is 3. The maximum atomic E-state index is 15.1. The van der Waals surface area contributed by atoms with Crippen LogP contribution in [0.15, 0.2) is 91.0 Å². The van der Waals surface area contributed by atoms with Gasteiger partial charge >= 0.3 is 17.9 Å². The van der Waals surface area contributed by atoms with Crippen molar-refractivity contribution in [2.75, 3.05) is 6.61 Å². The van der Waals surface area contributed by atoms with E-state index in [1.165, 1.54) is 26.0 Å². The second-order valence-corrected chi connectivity index (χ2v) is 17.5. The first-order valence-corrected chi connectivity index (χ1v) is 19.9. The van der Waals surface area contributed by atoms with Gasteiger partial charge in [-0.05, 0) is 43.7 Å². The zero-order valence-corrected chi connectivity index (χ0v) is 33.5. The number of carbonyl (C=O) groups excluding carboxylic acids is 5. The highest BCUT2D eigenvalue weighted by molar-refractivity contribution is 5.95. The fourth-order valence-electron chi connectivity index (χ4n) is 10.8. The molecule has 0 radical (unpaired) electrons. The summed E-state index contributed by atoms with van der Waals surface area (Å²) in [6, 6.07) is 23.4. The lowest BCUT2D eigenvalue weighted by atomic mass is 9.42.